The van der Waals surface area contributed by atoms with E-state index in [0.29, 0.717) is 0 Å². The van der Waals surface area contributed by atoms with Gasteiger partial charge >= 0.3 is 5.97 Å². The Hall–Kier alpha value is -1.43. The number of carbonyl (C=O) groups excluding carboxylic acids is 1. The Labute approximate surface area is 68.8 Å². The van der Waals surface area contributed by atoms with Crippen LogP contribution in [0.4, 0.5) is 0 Å². The number of aliphatic hydroxyl groups excluding tert-OH is 1. The van der Waals surface area contributed by atoms with Crippen LogP contribution >= 0.6 is 0 Å². The van der Waals surface area contributed by atoms with Gasteiger partial charge < -0.3 is 14.6 Å². The first kappa shape index (κ1) is 10.6. The number of methoxy groups -OCH3 is 2. The van der Waals surface area contributed by atoms with Crippen LogP contribution in [0.25, 0.3) is 0 Å². The normalized spacial score (nSPS) is 11.8. The quantitative estimate of drug-likeness (QED) is 0.288. The second-order valence-electron chi connectivity index (χ2n) is 1.81. The van der Waals surface area contributed by atoms with Gasteiger partial charge in [-0.2, -0.15) is 0 Å². The zero-order valence-electron chi connectivity index (χ0n) is 6.73. The number of nitroso groups, excluding NO2 is 1. The Morgan fingerprint density at radius 2 is 2.08 bits per heavy atom. The molecule has 0 atom stereocenters. The SMILES string of the molecule is COCC(O)=C(N=O)C(=O)OC. The predicted octanol–water partition coefficient (Wildman–Crippen LogP) is 0.342. The molecular weight excluding hydrogens is 166 g/mol. The molecule has 0 unspecified atom stereocenters. The van der Waals surface area contributed by atoms with Crippen LogP contribution < -0.4 is 0 Å². The number of ether oxygens (including phenoxy) is 2. The van der Waals surface area contributed by atoms with Crippen molar-refractivity contribution in [1.29, 1.82) is 0 Å². The lowest BCUT2D eigenvalue weighted by atomic mass is 10.4. The van der Waals surface area contributed by atoms with E-state index in [1.165, 1.54) is 7.11 Å². The monoisotopic (exact) mass is 175 g/mol. The summed E-state index contributed by atoms with van der Waals surface area (Å²) in [5, 5.41) is 11.3. The maximum Gasteiger partial charge on any atom is 0.363 e. The molecule has 0 saturated heterocycles. The summed E-state index contributed by atoms with van der Waals surface area (Å²) in [6, 6.07) is 0. The molecule has 0 aliphatic carbocycles. The van der Waals surface area contributed by atoms with E-state index >= 15 is 0 Å². The van der Waals surface area contributed by atoms with Gasteiger partial charge in [0.2, 0.25) is 5.70 Å². The van der Waals surface area contributed by atoms with Gasteiger partial charge in [0.25, 0.3) is 0 Å². The van der Waals surface area contributed by atoms with Gasteiger partial charge in [-0.05, 0) is 5.18 Å². The lowest BCUT2D eigenvalue weighted by molar-refractivity contribution is -0.136. The molecule has 0 amide bonds. The van der Waals surface area contributed by atoms with Crippen LogP contribution in [0.1, 0.15) is 0 Å². The van der Waals surface area contributed by atoms with Crippen molar-refractivity contribution in [3.8, 4) is 0 Å². The summed E-state index contributed by atoms with van der Waals surface area (Å²) in [4.78, 5) is 20.7. The van der Waals surface area contributed by atoms with E-state index in [0.717, 1.165) is 7.11 Å². The lowest BCUT2D eigenvalue weighted by Gasteiger charge is -2.00. The molecule has 0 aliphatic rings. The van der Waals surface area contributed by atoms with Gasteiger partial charge in [-0.3, -0.25) is 0 Å². The molecule has 0 bridgehead atoms. The highest BCUT2D eigenvalue weighted by Crippen LogP contribution is 2.05. The molecule has 0 radical (unpaired) electrons. The van der Waals surface area contributed by atoms with E-state index in [-0.39, 0.29) is 6.61 Å². The topological polar surface area (TPSA) is 85.2 Å². The molecular formula is C6H9NO5. The molecule has 0 aromatic rings. The van der Waals surface area contributed by atoms with Crippen LogP contribution in [0.5, 0.6) is 0 Å². The molecule has 6 nitrogen and oxygen atoms in total. The molecule has 0 spiro atoms. The van der Waals surface area contributed by atoms with Crippen molar-refractivity contribution in [3.63, 3.8) is 0 Å². The maximum atomic E-state index is 10.7. The van der Waals surface area contributed by atoms with E-state index in [4.69, 9.17) is 5.11 Å². The molecule has 0 rings (SSSR count). The van der Waals surface area contributed by atoms with Crippen molar-refractivity contribution in [3.05, 3.63) is 16.4 Å². The van der Waals surface area contributed by atoms with Crippen molar-refractivity contribution in [2.75, 3.05) is 20.8 Å². The highest BCUT2D eigenvalue weighted by Gasteiger charge is 2.16. The second-order valence-corrected chi connectivity index (χ2v) is 1.81. The van der Waals surface area contributed by atoms with E-state index in [9.17, 15) is 9.70 Å². The molecule has 0 fully saturated rings. The number of esters is 1. The fourth-order valence-corrected chi connectivity index (χ4v) is 0.510. The van der Waals surface area contributed by atoms with Crippen molar-refractivity contribution in [2.24, 2.45) is 5.18 Å². The van der Waals surface area contributed by atoms with Gasteiger partial charge in [0.05, 0.1) is 7.11 Å². The van der Waals surface area contributed by atoms with Crippen LogP contribution in [0, 0.1) is 4.91 Å². The first-order chi connectivity index (χ1) is 5.67. The zero-order valence-corrected chi connectivity index (χ0v) is 6.73. The minimum absolute atomic E-state index is 0.254. The summed E-state index contributed by atoms with van der Waals surface area (Å²) in [5.74, 6) is -1.53. The zero-order chi connectivity index (χ0) is 9.56. The van der Waals surface area contributed by atoms with Gasteiger partial charge in [0, 0.05) is 7.11 Å². The number of nitrogens with zero attached hydrogens (tertiary/aromatic N) is 1. The summed E-state index contributed by atoms with van der Waals surface area (Å²) in [7, 11) is 2.38. The third-order valence-corrected chi connectivity index (χ3v) is 1.02. The van der Waals surface area contributed by atoms with Crippen LogP contribution in [-0.2, 0) is 14.3 Å². The summed E-state index contributed by atoms with van der Waals surface area (Å²) < 4.78 is 8.63. The van der Waals surface area contributed by atoms with Gasteiger partial charge in [-0.25, -0.2) is 4.79 Å². The molecule has 68 valence electrons. The number of carbonyl (C=O) groups is 1. The minimum Gasteiger partial charge on any atom is -0.507 e. The number of rotatable bonds is 4. The van der Waals surface area contributed by atoms with Gasteiger partial charge in [-0.15, -0.1) is 4.91 Å². The molecule has 0 aromatic heterocycles. The third kappa shape index (κ3) is 2.67. The first-order valence-corrected chi connectivity index (χ1v) is 3.00. The highest BCUT2D eigenvalue weighted by molar-refractivity contribution is 5.88. The number of hydrogen-bond donors (Lipinski definition) is 1. The van der Waals surface area contributed by atoms with E-state index in [2.05, 4.69) is 14.7 Å². The Balaban J connectivity index is 4.60. The van der Waals surface area contributed by atoms with Crippen LogP contribution in [0.3, 0.4) is 0 Å². The predicted molar refractivity (Wildman–Crippen MR) is 39.3 cm³/mol. The third-order valence-electron chi connectivity index (χ3n) is 1.02. The molecule has 0 aliphatic heterocycles. The van der Waals surface area contributed by atoms with Crippen LogP contribution in [-0.4, -0.2) is 31.9 Å². The summed E-state index contributed by atoms with van der Waals surface area (Å²) >= 11 is 0. The minimum atomic E-state index is -0.987. The van der Waals surface area contributed by atoms with E-state index in [1.54, 1.807) is 0 Å². The Morgan fingerprint density at radius 1 is 1.50 bits per heavy atom. The highest BCUT2D eigenvalue weighted by atomic mass is 16.5. The van der Waals surface area contributed by atoms with Crippen molar-refractivity contribution in [1.82, 2.24) is 0 Å². The largest absolute Gasteiger partial charge is 0.507 e. The molecule has 0 aromatic carbocycles. The fourth-order valence-electron chi connectivity index (χ4n) is 0.510. The van der Waals surface area contributed by atoms with Crippen LogP contribution in [0.2, 0.25) is 0 Å². The summed E-state index contributed by atoms with van der Waals surface area (Å²) in [6.07, 6.45) is 0. The molecule has 6 heteroatoms. The maximum absolute atomic E-state index is 10.7. The summed E-state index contributed by atoms with van der Waals surface area (Å²) in [6.45, 7) is -0.254. The molecule has 0 heterocycles. The van der Waals surface area contributed by atoms with Crippen molar-refractivity contribution >= 4 is 5.97 Å². The Kier molecular flexibility index (Phi) is 4.62. The average molecular weight is 175 g/mol. The fraction of sp³-hybridized carbons (Fsp3) is 0.500. The first-order valence-electron chi connectivity index (χ1n) is 3.00. The van der Waals surface area contributed by atoms with Gasteiger partial charge in [0.15, 0.2) is 5.76 Å². The van der Waals surface area contributed by atoms with Gasteiger partial charge in [-0.1, -0.05) is 0 Å². The van der Waals surface area contributed by atoms with Crippen molar-refractivity contribution in [2.45, 2.75) is 0 Å². The van der Waals surface area contributed by atoms with Crippen LogP contribution in [0.15, 0.2) is 16.6 Å². The summed E-state index contributed by atoms with van der Waals surface area (Å²) in [5.41, 5.74) is -0.667. The Bertz CT molecular complexity index is 210. The van der Waals surface area contributed by atoms with E-state index in [1.807, 2.05) is 0 Å². The smallest absolute Gasteiger partial charge is 0.363 e. The second kappa shape index (κ2) is 5.25. The molecule has 1 N–H and O–H groups in total. The average Bonchev–Trinajstić information content (AvgIpc) is 2.06. The lowest BCUT2D eigenvalue weighted by Crippen LogP contribution is -2.08. The number of hydrogen-bond acceptors (Lipinski definition) is 6. The van der Waals surface area contributed by atoms with Gasteiger partial charge in [0.1, 0.15) is 6.61 Å². The molecule has 12 heavy (non-hydrogen) atoms. The standard InChI is InChI=1S/C6H9NO5/c1-11-3-4(8)5(7-10)6(9)12-2/h8H,3H2,1-2H3. The van der Waals surface area contributed by atoms with E-state index < -0.39 is 17.4 Å². The molecule has 0 saturated carbocycles. The number of aliphatic hydroxyl groups is 1. The van der Waals surface area contributed by atoms with Crippen molar-refractivity contribution < 1.29 is 19.4 Å². The Morgan fingerprint density at radius 3 is 2.42 bits per heavy atom.